The fraction of sp³-hybridized carbons (Fsp3) is 0.500. The standard InChI is InChI=1S/C12H18BrNO2/c1-14(7-8-15)6-5-10-3-4-12(16-2)11(13)9-10/h3-4,9,15H,5-8H2,1-2H3. The third kappa shape index (κ3) is 4.12. The minimum Gasteiger partial charge on any atom is -0.496 e. The maximum Gasteiger partial charge on any atom is 0.133 e. The Morgan fingerprint density at radius 2 is 2.12 bits per heavy atom. The summed E-state index contributed by atoms with van der Waals surface area (Å²) in [6, 6.07) is 6.10. The van der Waals surface area contributed by atoms with E-state index in [1.807, 2.05) is 13.1 Å². The zero-order valence-corrected chi connectivity index (χ0v) is 11.3. The third-order valence-corrected chi connectivity index (χ3v) is 3.10. The van der Waals surface area contributed by atoms with E-state index in [1.54, 1.807) is 7.11 Å². The first-order chi connectivity index (χ1) is 7.67. The molecule has 0 saturated heterocycles. The van der Waals surface area contributed by atoms with Crippen molar-refractivity contribution in [1.29, 1.82) is 0 Å². The van der Waals surface area contributed by atoms with Gasteiger partial charge in [0.05, 0.1) is 18.2 Å². The maximum absolute atomic E-state index is 8.78. The highest BCUT2D eigenvalue weighted by Crippen LogP contribution is 2.25. The van der Waals surface area contributed by atoms with Crippen LogP contribution in [-0.2, 0) is 6.42 Å². The van der Waals surface area contributed by atoms with Gasteiger partial charge in [-0.15, -0.1) is 0 Å². The molecule has 90 valence electrons. The molecule has 3 nitrogen and oxygen atoms in total. The molecule has 0 aromatic heterocycles. The highest BCUT2D eigenvalue weighted by atomic mass is 79.9. The van der Waals surface area contributed by atoms with Gasteiger partial charge in [-0.25, -0.2) is 0 Å². The summed E-state index contributed by atoms with van der Waals surface area (Å²) in [7, 11) is 3.67. The Morgan fingerprint density at radius 1 is 1.38 bits per heavy atom. The molecule has 1 aromatic rings. The molecule has 1 N–H and O–H groups in total. The van der Waals surface area contributed by atoms with Crippen LogP contribution in [0, 0.1) is 0 Å². The fourth-order valence-corrected chi connectivity index (χ4v) is 2.06. The highest BCUT2D eigenvalue weighted by Gasteiger charge is 2.03. The normalized spacial score (nSPS) is 10.8. The van der Waals surface area contributed by atoms with Gasteiger partial charge in [0, 0.05) is 13.1 Å². The first-order valence-corrected chi connectivity index (χ1v) is 6.08. The Hall–Kier alpha value is -0.580. The molecule has 0 amide bonds. The molecule has 0 atom stereocenters. The van der Waals surface area contributed by atoms with E-state index in [1.165, 1.54) is 5.56 Å². The Morgan fingerprint density at radius 3 is 2.69 bits per heavy atom. The molecule has 4 heteroatoms. The first kappa shape index (κ1) is 13.5. The van der Waals surface area contributed by atoms with Gasteiger partial charge in [-0.1, -0.05) is 6.07 Å². The molecule has 0 unspecified atom stereocenters. The Labute approximate surface area is 105 Å². The fourth-order valence-electron chi connectivity index (χ4n) is 1.47. The van der Waals surface area contributed by atoms with E-state index in [0.717, 1.165) is 29.7 Å². The molecule has 0 saturated carbocycles. The van der Waals surface area contributed by atoms with Crippen molar-refractivity contribution in [3.63, 3.8) is 0 Å². The van der Waals surface area contributed by atoms with Gasteiger partial charge < -0.3 is 14.7 Å². The highest BCUT2D eigenvalue weighted by molar-refractivity contribution is 9.10. The second kappa shape index (κ2) is 6.89. The van der Waals surface area contributed by atoms with Crippen molar-refractivity contribution < 1.29 is 9.84 Å². The van der Waals surface area contributed by atoms with Crippen molar-refractivity contribution in [3.8, 4) is 5.75 Å². The van der Waals surface area contributed by atoms with Crippen LogP contribution in [0.1, 0.15) is 5.56 Å². The number of benzene rings is 1. The van der Waals surface area contributed by atoms with Crippen LogP contribution in [0.3, 0.4) is 0 Å². The molecule has 0 aliphatic carbocycles. The van der Waals surface area contributed by atoms with Gasteiger partial charge in [-0.3, -0.25) is 0 Å². The number of aliphatic hydroxyl groups excluding tert-OH is 1. The topological polar surface area (TPSA) is 32.7 Å². The molecular weight excluding hydrogens is 270 g/mol. The number of ether oxygens (including phenoxy) is 1. The lowest BCUT2D eigenvalue weighted by Gasteiger charge is -2.15. The van der Waals surface area contributed by atoms with Crippen molar-refractivity contribution in [2.75, 3.05) is 33.9 Å². The predicted molar refractivity (Wildman–Crippen MR) is 69.0 cm³/mol. The van der Waals surface area contributed by atoms with Gasteiger partial charge in [0.1, 0.15) is 5.75 Å². The molecule has 16 heavy (non-hydrogen) atoms. The third-order valence-electron chi connectivity index (χ3n) is 2.48. The van der Waals surface area contributed by atoms with Gasteiger partial charge in [-0.05, 0) is 47.1 Å². The summed E-state index contributed by atoms with van der Waals surface area (Å²) in [6.45, 7) is 1.87. The zero-order chi connectivity index (χ0) is 12.0. The molecule has 0 aliphatic heterocycles. The number of hydrogen-bond donors (Lipinski definition) is 1. The Bertz CT molecular complexity index is 331. The number of methoxy groups -OCH3 is 1. The van der Waals surface area contributed by atoms with E-state index >= 15 is 0 Å². The van der Waals surface area contributed by atoms with E-state index in [4.69, 9.17) is 9.84 Å². The molecule has 0 bridgehead atoms. The summed E-state index contributed by atoms with van der Waals surface area (Å²) in [5, 5.41) is 8.78. The smallest absolute Gasteiger partial charge is 0.133 e. The Balaban J connectivity index is 2.51. The van der Waals surface area contributed by atoms with E-state index in [0.29, 0.717) is 0 Å². The van der Waals surface area contributed by atoms with E-state index in [-0.39, 0.29) is 6.61 Å². The minimum atomic E-state index is 0.211. The lowest BCUT2D eigenvalue weighted by atomic mass is 10.1. The van der Waals surface area contributed by atoms with Gasteiger partial charge in [0.2, 0.25) is 0 Å². The molecule has 1 rings (SSSR count). The van der Waals surface area contributed by atoms with E-state index in [9.17, 15) is 0 Å². The van der Waals surface area contributed by atoms with E-state index in [2.05, 4.69) is 33.0 Å². The van der Waals surface area contributed by atoms with Crippen molar-refractivity contribution >= 4 is 15.9 Å². The van der Waals surface area contributed by atoms with Gasteiger partial charge in [0.25, 0.3) is 0 Å². The van der Waals surface area contributed by atoms with Crippen LogP contribution in [0.4, 0.5) is 0 Å². The molecule has 0 heterocycles. The molecule has 0 radical (unpaired) electrons. The van der Waals surface area contributed by atoms with Crippen LogP contribution in [0.15, 0.2) is 22.7 Å². The lowest BCUT2D eigenvalue weighted by molar-refractivity contribution is 0.223. The van der Waals surface area contributed by atoms with E-state index < -0.39 is 0 Å². The van der Waals surface area contributed by atoms with Crippen molar-refractivity contribution in [2.24, 2.45) is 0 Å². The quantitative estimate of drug-likeness (QED) is 0.868. The molecule has 0 spiro atoms. The molecule has 0 fully saturated rings. The number of nitrogens with zero attached hydrogens (tertiary/aromatic N) is 1. The Kier molecular flexibility index (Phi) is 5.80. The second-order valence-corrected chi connectivity index (χ2v) is 4.60. The number of hydrogen-bond acceptors (Lipinski definition) is 3. The monoisotopic (exact) mass is 287 g/mol. The van der Waals surface area contributed by atoms with Crippen LogP contribution in [0.5, 0.6) is 5.75 Å². The average Bonchev–Trinajstić information content (AvgIpc) is 2.27. The maximum atomic E-state index is 8.78. The summed E-state index contributed by atoms with van der Waals surface area (Å²) in [5.74, 6) is 0.854. The van der Waals surface area contributed by atoms with Crippen LogP contribution >= 0.6 is 15.9 Å². The number of likely N-dealkylation sites (N-methyl/N-ethyl adjacent to an activating group) is 1. The number of rotatable bonds is 6. The summed E-state index contributed by atoms with van der Waals surface area (Å²) >= 11 is 3.47. The lowest BCUT2D eigenvalue weighted by Crippen LogP contribution is -2.24. The summed E-state index contributed by atoms with van der Waals surface area (Å²) in [6.07, 6.45) is 0.971. The van der Waals surface area contributed by atoms with Gasteiger partial charge in [-0.2, -0.15) is 0 Å². The second-order valence-electron chi connectivity index (χ2n) is 3.75. The summed E-state index contributed by atoms with van der Waals surface area (Å²) in [4.78, 5) is 2.11. The van der Waals surface area contributed by atoms with Crippen molar-refractivity contribution in [2.45, 2.75) is 6.42 Å². The predicted octanol–water partition coefficient (Wildman–Crippen LogP) is 1.92. The largest absolute Gasteiger partial charge is 0.496 e. The average molecular weight is 288 g/mol. The first-order valence-electron chi connectivity index (χ1n) is 5.29. The van der Waals surface area contributed by atoms with Gasteiger partial charge >= 0.3 is 0 Å². The number of aliphatic hydroxyl groups is 1. The molecule has 1 aromatic carbocycles. The van der Waals surface area contributed by atoms with Crippen LogP contribution in [0.2, 0.25) is 0 Å². The summed E-state index contributed by atoms with van der Waals surface area (Å²) in [5.41, 5.74) is 1.26. The zero-order valence-electron chi connectivity index (χ0n) is 9.74. The summed E-state index contributed by atoms with van der Waals surface area (Å²) < 4.78 is 6.16. The van der Waals surface area contributed by atoms with Gasteiger partial charge in [0.15, 0.2) is 0 Å². The SMILES string of the molecule is COc1ccc(CCN(C)CCO)cc1Br. The molecule has 0 aliphatic rings. The van der Waals surface area contributed by atoms with Crippen LogP contribution in [-0.4, -0.2) is 43.9 Å². The minimum absolute atomic E-state index is 0.211. The number of halogens is 1. The molecular formula is C12H18BrNO2. The van der Waals surface area contributed by atoms with Crippen molar-refractivity contribution in [1.82, 2.24) is 4.90 Å². The van der Waals surface area contributed by atoms with Crippen LogP contribution < -0.4 is 4.74 Å². The van der Waals surface area contributed by atoms with Crippen molar-refractivity contribution in [3.05, 3.63) is 28.2 Å². The van der Waals surface area contributed by atoms with Crippen LogP contribution in [0.25, 0.3) is 0 Å².